The van der Waals surface area contributed by atoms with E-state index in [4.69, 9.17) is 15.6 Å². The standard InChI is InChI=1S/C13H22O3.C7H15N3O2.C6H10/c1-10-4-3-5-11(2)9-16-13(15)8-12(14)7-6-10;8-1-2-9-3-5-10(6-4-9)7(11)12;1-3-5-6-4-2/h3,5,10-12,14H,4,6-9H2,1-2H3;1-6,8H2,(H,11,12);3,5-6H,1,4H2,2H3/b5-3+;;6-5+. The summed E-state index contributed by atoms with van der Waals surface area (Å²) in [4.78, 5) is 25.4. The van der Waals surface area contributed by atoms with E-state index in [0.29, 0.717) is 38.6 Å². The molecule has 2 aliphatic rings. The third-order valence-corrected chi connectivity index (χ3v) is 5.50. The van der Waals surface area contributed by atoms with Crippen molar-refractivity contribution in [2.24, 2.45) is 17.6 Å². The van der Waals surface area contributed by atoms with Gasteiger partial charge in [0.2, 0.25) is 0 Å². The van der Waals surface area contributed by atoms with Gasteiger partial charge < -0.3 is 25.6 Å². The van der Waals surface area contributed by atoms with Gasteiger partial charge in [0.1, 0.15) is 0 Å². The van der Waals surface area contributed by atoms with E-state index in [0.717, 1.165) is 38.9 Å². The number of amides is 1. The summed E-state index contributed by atoms with van der Waals surface area (Å²) in [7, 11) is 0. The summed E-state index contributed by atoms with van der Waals surface area (Å²) in [5, 5.41) is 18.3. The van der Waals surface area contributed by atoms with Gasteiger partial charge >= 0.3 is 12.1 Å². The van der Waals surface area contributed by atoms with E-state index in [2.05, 4.69) is 43.6 Å². The molecular formula is C26H47N3O5. The molecule has 0 aromatic rings. The number of nitrogens with two attached hydrogens (primary N) is 1. The third kappa shape index (κ3) is 17.3. The summed E-state index contributed by atoms with van der Waals surface area (Å²) >= 11 is 0. The van der Waals surface area contributed by atoms with Gasteiger partial charge in [-0.05, 0) is 31.6 Å². The van der Waals surface area contributed by atoms with E-state index < -0.39 is 12.2 Å². The molecule has 1 fully saturated rings. The zero-order valence-corrected chi connectivity index (χ0v) is 21.4. The molecule has 3 atom stereocenters. The van der Waals surface area contributed by atoms with Crippen LogP contribution >= 0.6 is 0 Å². The van der Waals surface area contributed by atoms with Gasteiger partial charge in [0.25, 0.3) is 0 Å². The van der Waals surface area contributed by atoms with E-state index in [9.17, 15) is 14.7 Å². The maximum absolute atomic E-state index is 11.3. The number of allylic oxidation sites excluding steroid dienone is 4. The van der Waals surface area contributed by atoms with E-state index in [1.54, 1.807) is 6.08 Å². The summed E-state index contributed by atoms with van der Waals surface area (Å²) in [5.41, 5.74) is 5.38. The fourth-order valence-electron chi connectivity index (χ4n) is 3.35. The van der Waals surface area contributed by atoms with Gasteiger partial charge in [0, 0.05) is 45.2 Å². The predicted octanol–water partition coefficient (Wildman–Crippen LogP) is 3.67. The predicted molar refractivity (Wildman–Crippen MR) is 138 cm³/mol. The molecule has 1 amide bonds. The number of hydrogen-bond acceptors (Lipinski definition) is 6. The topological polar surface area (TPSA) is 116 Å². The van der Waals surface area contributed by atoms with Crippen molar-refractivity contribution < 1.29 is 24.5 Å². The lowest BCUT2D eigenvalue weighted by atomic mass is 9.97. The number of aliphatic hydroxyl groups excluding tert-OH is 1. The van der Waals surface area contributed by atoms with Gasteiger partial charge in [0.15, 0.2) is 0 Å². The van der Waals surface area contributed by atoms with Gasteiger partial charge in [-0.1, -0.05) is 57.7 Å². The SMILES string of the molecule is C=C/C=C/CC.CC1/C=C/CC(C)CCC(O)CC(=O)OC1.NCCN1CCN(C(=O)O)CC1. The fraction of sp³-hybridized carbons (Fsp3) is 0.692. The molecule has 2 aliphatic heterocycles. The molecule has 0 aromatic carbocycles. The number of aliphatic hydroxyl groups is 1. The van der Waals surface area contributed by atoms with Crippen molar-refractivity contribution in [2.45, 2.75) is 59.0 Å². The Labute approximate surface area is 206 Å². The second kappa shape index (κ2) is 20.2. The molecule has 0 bridgehead atoms. The Morgan fingerprint density at radius 1 is 1.26 bits per heavy atom. The van der Waals surface area contributed by atoms with Crippen molar-refractivity contribution in [3.05, 3.63) is 37.0 Å². The number of carbonyl (C=O) groups is 2. The smallest absolute Gasteiger partial charge is 0.407 e. The largest absolute Gasteiger partial charge is 0.465 e. The molecular weight excluding hydrogens is 434 g/mol. The molecule has 4 N–H and O–H groups in total. The molecule has 2 heterocycles. The minimum absolute atomic E-state index is 0.128. The first-order valence-electron chi connectivity index (χ1n) is 12.4. The number of carboxylic acid groups (broad SMARTS) is 1. The molecule has 1 saturated heterocycles. The zero-order valence-electron chi connectivity index (χ0n) is 21.4. The Bertz CT molecular complexity index is 616. The first-order valence-corrected chi connectivity index (χ1v) is 12.4. The van der Waals surface area contributed by atoms with Crippen LogP contribution in [0.1, 0.15) is 52.9 Å². The fourth-order valence-corrected chi connectivity index (χ4v) is 3.35. The van der Waals surface area contributed by atoms with Crippen LogP contribution in [0.25, 0.3) is 0 Å². The van der Waals surface area contributed by atoms with Crippen LogP contribution in [0.4, 0.5) is 4.79 Å². The number of nitrogens with zero attached hydrogens (tertiary/aromatic N) is 2. The molecule has 0 aliphatic carbocycles. The number of hydrogen-bond donors (Lipinski definition) is 3. The third-order valence-electron chi connectivity index (χ3n) is 5.50. The highest BCUT2D eigenvalue weighted by molar-refractivity contribution is 5.69. The first-order chi connectivity index (χ1) is 16.2. The maximum Gasteiger partial charge on any atom is 0.407 e. The minimum atomic E-state index is -0.817. The van der Waals surface area contributed by atoms with Crippen molar-refractivity contribution >= 4 is 12.1 Å². The maximum atomic E-state index is 11.3. The summed E-state index contributed by atoms with van der Waals surface area (Å²) in [6.45, 7) is 14.6. The highest BCUT2D eigenvalue weighted by Crippen LogP contribution is 2.16. The van der Waals surface area contributed by atoms with Crippen LogP contribution in [0.15, 0.2) is 37.0 Å². The van der Waals surface area contributed by atoms with Crippen molar-refractivity contribution in [1.82, 2.24) is 9.80 Å². The van der Waals surface area contributed by atoms with E-state index in [-0.39, 0.29) is 18.3 Å². The highest BCUT2D eigenvalue weighted by atomic mass is 16.5. The summed E-state index contributed by atoms with van der Waals surface area (Å²) in [5.74, 6) is 0.530. The van der Waals surface area contributed by atoms with Crippen LogP contribution < -0.4 is 5.73 Å². The number of carbonyl (C=O) groups excluding carboxylic acids is 1. The van der Waals surface area contributed by atoms with Crippen LogP contribution in [-0.4, -0.2) is 84.1 Å². The zero-order chi connectivity index (χ0) is 25.8. The van der Waals surface area contributed by atoms with Gasteiger partial charge in [0.05, 0.1) is 19.1 Å². The van der Waals surface area contributed by atoms with Gasteiger partial charge in [-0.25, -0.2) is 4.79 Å². The normalized spacial score (nSPS) is 25.4. The molecule has 3 unspecified atom stereocenters. The van der Waals surface area contributed by atoms with Crippen molar-refractivity contribution in [2.75, 3.05) is 45.9 Å². The summed E-state index contributed by atoms with van der Waals surface area (Å²) < 4.78 is 5.07. The number of rotatable bonds is 4. The van der Waals surface area contributed by atoms with Crippen molar-refractivity contribution in [1.29, 1.82) is 0 Å². The van der Waals surface area contributed by atoms with Crippen LogP contribution in [0.5, 0.6) is 0 Å². The molecule has 0 radical (unpaired) electrons. The average Bonchev–Trinajstić information content (AvgIpc) is 2.81. The summed E-state index contributed by atoms with van der Waals surface area (Å²) in [6.07, 6.45) is 12.6. The van der Waals surface area contributed by atoms with Crippen molar-refractivity contribution in [3.8, 4) is 0 Å². The molecule has 8 heteroatoms. The van der Waals surface area contributed by atoms with E-state index >= 15 is 0 Å². The second-order valence-corrected chi connectivity index (χ2v) is 8.84. The summed E-state index contributed by atoms with van der Waals surface area (Å²) in [6, 6.07) is 0. The lowest BCUT2D eigenvalue weighted by Crippen LogP contribution is -2.49. The number of piperazine rings is 1. The lowest BCUT2D eigenvalue weighted by molar-refractivity contribution is -0.146. The number of cyclic esters (lactones) is 1. The molecule has 196 valence electrons. The minimum Gasteiger partial charge on any atom is -0.465 e. The lowest BCUT2D eigenvalue weighted by Gasteiger charge is -2.32. The Balaban J connectivity index is 0.000000532. The van der Waals surface area contributed by atoms with Crippen LogP contribution in [0.3, 0.4) is 0 Å². The van der Waals surface area contributed by atoms with Crippen LogP contribution in [-0.2, 0) is 9.53 Å². The number of esters is 1. The van der Waals surface area contributed by atoms with Crippen molar-refractivity contribution in [3.63, 3.8) is 0 Å². The quantitative estimate of drug-likeness (QED) is 0.319. The number of ether oxygens (including phenoxy) is 1. The average molecular weight is 482 g/mol. The Morgan fingerprint density at radius 3 is 2.47 bits per heavy atom. The van der Waals surface area contributed by atoms with E-state index in [1.165, 1.54) is 4.90 Å². The molecule has 2 rings (SSSR count). The first kappa shape index (κ1) is 31.8. The van der Waals surface area contributed by atoms with E-state index in [1.807, 2.05) is 13.0 Å². The Kier molecular flexibility index (Phi) is 18.9. The Morgan fingerprint density at radius 2 is 1.94 bits per heavy atom. The highest BCUT2D eigenvalue weighted by Gasteiger charge is 2.19. The van der Waals surface area contributed by atoms with Gasteiger partial charge in [-0.2, -0.15) is 0 Å². The van der Waals surface area contributed by atoms with Gasteiger partial charge in [-0.3, -0.25) is 9.69 Å². The van der Waals surface area contributed by atoms with Crippen LogP contribution in [0, 0.1) is 11.8 Å². The monoisotopic (exact) mass is 481 g/mol. The molecule has 0 aromatic heterocycles. The molecule has 34 heavy (non-hydrogen) atoms. The molecule has 8 nitrogen and oxygen atoms in total. The second-order valence-electron chi connectivity index (χ2n) is 8.84. The molecule has 0 saturated carbocycles. The Hall–Kier alpha value is -2.16. The molecule has 0 spiro atoms. The van der Waals surface area contributed by atoms with Gasteiger partial charge in [-0.15, -0.1) is 0 Å². The van der Waals surface area contributed by atoms with Crippen LogP contribution in [0.2, 0.25) is 0 Å².